The number of hydrogen-bond acceptors (Lipinski definition) is 12. The summed E-state index contributed by atoms with van der Waals surface area (Å²) in [6.45, 7) is 16.0. The van der Waals surface area contributed by atoms with Crippen LogP contribution in [0.5, 0.6) is 0 Å². The lowest BCUT2D eigenvalue weighted by Gasteiger charge is -2.71. The minimum atomic E-state index is -1.75. The Bertz CT molecular complexity index is 1530. The van der Waals surface area contributed by atoms with Gasteiger partial charge in [-0.25, -0.2) is 4.79 Å². The van der Waals surface area contributed by atoms with E-state index in [-0.39, 0.29) is 40.1 Å². The average Bonchev–Trinajstić information content (AvgIpc) is 3.11. The highest BCUT2D eigenvalue weighted by atomic mass is 16.8. The second-order valence-electron chi connectivity index (χ2n) is 20.4. The van der Waals surface area contributed by atoms with Crippen LogP contribution in [0.2, 0.25) is 0 Å². The summed E-state index contributed by atoms with van der Waals surface area (Å²) in [5.74, 6) is -0.909. The number of aliphatic hydroxyl groups excluding tert-OH is 5. The van der Waals surface area contributed by atoms with Crippen molar-refractivity contribution in [2.75, 3.05) is 13.7 Å². The van der Waals surface area contributed by atoms with Gasteiger partial charge in [0.05, 0.1) is 25.2 Å². The molecule has 7 aliphatic rings. The summed E-state index contributed by atoms with van der Waals surface area (Å²) in [6.07, 6.45) is -3.43. The summed E-state index contributed by atoms with van der Waals surface area (Å²) in [5.41, 5.74) is 0.153. The first-order valence-corrected chi connectivity index (χ1v) is 20.6. The third-order valence-corrected chi connectivity index (χ3v) is 17.0. The maximum absolute atomic E-state index is 13.1. The Morgan fingerprint density at radius 3 is 2.15 bits per heavy atom. The van der Waals surface area contributed by atoms with Crippen LogP contribution < -0.4 is 0 Å². The van der Waals surface area contributed by atoms with Crippen molar-refractivity contribution in [3.8, 4) is 0 Å². The van der Waals surface area contributed by atoms with E-state index in [1.807, 2.05) is 0 Å². The van der Waals surface area contributed by atoms with E-state index in [0.717, 1.165) is 58.5 Å². The van der Waals surface area contributed by atoms with Crippen molar-refractivity contribution in [3.05, 3.63) is 11.6 Å². The van der Waals surface area contributed by atoms with Gasteiger partial charge in [-0.05, 0) is 109 Å². The van der Waals surface area contributed by atoms with Crippen LogP contribution in [0.3, 0.4) is 0 Å². The Morgan fingerprint density at radius 2 is 1.47 bits per heavy atom. The molecule has 7 rings (SSSR count). The molecule has 0 aromatic rings. The van der Waals surface area contributed by atoms with Crippen molar-refractivity contribution >= 4 is 11.9 Å². The number of carbonyl (C=O) groups is 2. The molecule has 0 spiro atoms. The van der Waals surface area contributed by atoms with Crippen LogP contribution in [0.25, 0.3) is 0 Å². The fraction of sp³-hybridized carbons (Fsp3) is 0.905. The van der Waals surface area contributed by atoms with Gasteiger partial charge in [0.2, 0.25) is 0 Å². The SMILES string of the molecule is COC(=O)[C@H]1O[C@@H](O[C@H]2CC[C@]3(C)[C@H]4CC=C5[C@@H]6CC(C)(C)CC[C@]6(C(=O)O)CC[C@@]5(C)[C@]4(C)CC[C@H]3C2(C)C)[C@H](O[C@@H]2OC[C@H](O)[C@H](O)[C@H]2O)[C@@H](O)[C@@H]1O. The standard InChI is InChI=1S/C42H66O13/c1-37(2)15-17-42(36(49)50)18-16-40(6)21(22(42)19-37)9-10-25-39(5)13-12-26(38(3,4)24(39)11-14-41(25,40)7)53-35-32(29(46)28(45)31(54-35)33(48)51-8)55-34-30(47)27(44)23(43)20-52-34/h9,22-32,34-35,43-47H,10-20H2,1-8H3,(H,49,50)/t22-,23-,24-,25+,26-,27-,28-,29-,30+,31-,32+,34-,35+,39-,40+,41+,42-/m0/s1. The zero-order valence-corrected chi connectivity index (χ0v) is 33.9. The van der Waals surface area contributed by atoms with E-state index in [2.05, 4.69) is 54.5 Å². The van der Waals surface area contributed by atoms with Crippen molar-refractivity contribution in [1.82, 2.24) is 0 Å². The fourth-order valence-electron chi connectivity index (χ4n) is 13.5. The largest absolute Gasteiger partial charge is 0.481 e. The number of allylic oxidation sites excluding steroid dienone is 2. The minimum absolute atomic E-state index is 0.0310. The zero-order valence-electron chi connectivity index (χ0n) is 33.9. The molecular formula is C42H66O13. The van der Waals surface area contributed by atoms with Crippen LogP contribution in [0.4, 0.5) is 0 Å². The van der Waals surface area contributed by atoms with Gasteiger partial charge in [-0.1, -0.05) is 60.1 Å². The van der Waals surface area contributed by atoms with Gasteiger partial charge in [0.1, 0.15) is 36.6 Å². The van der Waals surface area contributed by atoms with E-state index in [4.69, 9.17) is 23.7 Å². The first-order chi connectivity index (χ1) is 25.6. The average molecular weight is 779 g/mol. The highest BCUT2D eigenvalue weighted by Gasteiger charge is 2.69. The topological polar surface area (TPSA) is 202 Å². The Balaban J connectivity index is 1.16. The number of carboxylic acid groups (broad SMARTS) is 1. The zero-order chi connectivity index (χ0) is 40.3. The first-order valence-electron chi connectivity index (χ1n) is 20.6. The number of methoxy groups -OCH3 is 1. The molecule has 13 heteroatoms. The van der Waals surface area contributed by atoms with Crippen LogP contribution >= 0.6 is 0 Å². The molecule has 13 nitrogen and oxygen atoms in total. The number of aliphatic hydroxyl groups is 5. The lowest BCUT2D eigenvalue weighted by Crippen LogP contribution is -2.67. The molecule has 4 saturated carbocycles. The van der Waals surface area contributed by atoms with E-state index in [9.17, 15) is 40.2 Å². The van der Waals surface area contributed by atoms with E-state index < -0.39 is 84.2 Å². The van der Waals surface area contributed by atoms with Gasteiger partial charge in [-0.2, -0.15) is 0 Å². The van der Waals surface area contributed by atoms with Crippen molar-refractivity contribution in [3.63, 3.8) is 0 Å². The molecule has 0 aromatic heterocycles. The van der Waals surface area contributed by atoms with E-state index >= 15 is 0 Å². The lowest BCUT2D eigenvalue weighted by molar-refractivity contribution is -0.366. The van der Waals surface area contributed by atoms with E-state index in [0.29, 0.717) is 18.8 Å². The molecule has 0 bridgehead atoms. The fourth-order valence-corrected chi connectivity index (χ4v) is 13.5. The molecule has 0 unspecified atom stereocenters. The summed E-state index contributed by atoms with van der Waals surface area (Å²) in [6, 6.07) is 0. The Morgan fingerprint density at radius 1 is 0.782 bits per heavy atom. The predicted molar refractivity (Wildman–Crippen MR) is 197 cm³/mol. The van der Waals surface area contributed by atoms with Gasteiger partial charge in [-0.15, -0.1) is 0 Å². The molecule has 2 aliphatic heterocycles. The number of fused-ring (bicyclic) bond motifs is 7. The lowest BCUT2D eigenvalue weighted by atomic mass is 9.33. The number of esters is 1. The van der Waals surface area contributed by atoms with Crippen molar-refractivity contribution in [1.29, 1.82) is 0 Å². The second kappa shape index (κ2) is 14.0. The smallest absolute Gasteiger partial charge is 0.337 e. The van der Waals surface area contributed by atoms with Gasteiger partial charge in [0.15, 0.2) is 18.7 Å². The molecule has 17 atom stereocenters. The third-order valence-electron chi connectivity index (χ3n) is 17.0. The van der Waals surface area contributed by atoms with Crippen molar-refractivity contribution < 1.29 is 63.9 Å². The molecule has 0 radical (unpaired) electrons. The summed E-state index contributed by atoms with van der Waals surface area (Å²) >= 11 is 0. The Labute approximate surface area is 325 Å². The van der Waals surface area contributed by atoms with E-state index in [1.54, 1.807) is 0 Å². The van der Waals surface area contributed by atoms with Crippen LogP contribution in [-0.4, -0.2) is 118 Å². The minimum Gasteiger partial charge on any atom is -0.481 e. The van der Waals surface area contributed by atoms with Crippen LogP contribution in [0, 0.1) is 50.2 Å². The van der Waals surface area contributed by atoms with Crippen molar-refractivity contribution in [2.24, 2.45) is 50.2 Å². The van der Waals surface area contributed by atoms with Crippen LogP contribution in [-0.2, 0) is 33.3 Å². The van der Waals surface area contributed by atoms with Gasteiger partial charge in [0.25, 0.3) is 0 Å². The van der Waals surface area contributed by atoms with Gasteiger partial charge in [-0.3, -0.25) is 4.79 Å². The molecule has 2 heterocycles. The third kappa shape index (κ3) is 6.19. The molecule has 0 aromatic carbocycles. The molecule has 5 aliphatic carbocycles. The number of aliphatic carboxylic acids is 1. The van der Waals surface area contributed by atoms with E-state index in [1.165, 1.54) is 5.57 Å². The van der Waals surface area contributed by atoms with Crippen molar-refractivity contribution in [2.45, 2.75) is 174 Å². The monoisotopic (exact) mass is 778 g/mol. The number of carbonyl (C=O) groups excluding carboxylic acids is 1. The highest BCUT2D eigenvalue weighted by molar-refractivity contribution is 5.77. The number of carboxylic acids is 1. The molecule has 2 saturated heterocycles. The number of rotatable bonds is 6. The Kier molecular flexibility index (Phi) is 10.5. The highest BCUT2D eigenvalue weighted by Crippen LogP contribution is 2.76. The molecule has 6 fully saturated rings. The number of ether oxygens (including phenoxy) is 5. The molecule has 55 heavy (non-hydrogen) atoms. The van der Waals surface area contributed by atoms with Crippen LogP contribution in [0.1, 0.15) is 113 Å². The maximum atomic E-state index is 13.1. The summed E-state index contributed by atoms with van der Waals surface area (Å²) < 4.78 is 29.1. The Hall–Kier alpha value is -1.68. The van der Waals surface area contributed by atoms with Gasteiger partial charge in [0, 0.05) is 0 Å². The maximum Gasteiger partial charge on any atom is 0.337 e. The molecular weight excluding hydrogens is 712 g/mol. The summed E-state index contributed by atoms with van der Waals surface area (Å²) in [5, 5.41) is 63.9. The first kappa shape index (κ1) is 41.5. The second-order valence-corrected chi connectivity index (χ2v) is 20.4. The molecule has 0 amide bonds. The summed E-state index contributed by atoms with van der Waals surface area (Å²) in [4.78, 5) is 25.8. The number of hydrogen-bond donors (Lipinski definition) is 6. The van der Waals surface area contributed by atoms with Crippen LogP contribution in [0.15, 0.2) is 11.6 Å². The predicted octanol–water partition coefficient (Wildman–Crippen LogP) is 3.70. The van der Waals surface area contributed by atoms with Gasteiger partial charge >= 0.3 is 11.9 Å². The quantitative estimate of drug-likeness (QED) is 0.130. The normalized spacial score (nSPS) is 51.7. The molecule has 312 valence electrons. The van der Waals surface area contributed by atoms with Gasteiger partial charge < -0.3 is 54.3 Å². The molecule has 6 N–H and O–H groups in total. The summed E-state index contributed by atoms with van der Waals surface area (Å²) in [7, 11) is 1.15.